The van der Waals surface area contributed by atoms with Gasteiger partial charge in [0.25, 0.3) is 0 Å². The van der Waals surface area contributed by atoms with Gasteiger partial charge < -0.3 is 0 Å². The number of hydrogen-bond donors (Lipinski definition) is 0. The second kappa shape index (κ2) is 4.29. The third kappa shape index (κ3) is 3.29. The zero-order valence-electron chi connectivity index (χ0n) is 6.75. The van der Waals surface area contributed by atoms with Crippen LogP contribution in [0.15, 0.2) is 23.6 Å². The Morgan fingerprint density at radius 1 is 1.21 bits per heavy atom. The zero-order chi connectivity index (χ0) is 10.8. The maximum Gasteiger partial charge on any atom is 0.325 e. The van der Waals surface area contributed by atoms with Gasteiger partial charge in [-0.15, -0.1) is 3.89 Å². The second-order valence-corrected chi connectivity index (χ2v) is 4.45. The van der Waals surface area contributed by atoms with Crippen molar-refractivity contribution in [2.45, 2.75) is 0 Å². The lowest BCUT2D eigenvalue weighted by atomic mass is 10.2. The summed E-state index contributed by atoms with van der Waals surface area (Å²) in [6.07, 6.45) is 1.01. The lowest BCUT2D eigenvalue weighted by Crippen LogP contribution is -1.83. The molecule has 0 aliphatic carbocycles. The monoisotopic (exact) mass is 254 g/mol. The fraction of sp³-hybridized carbons (Fsp3) is 0. The molecule has 0 heterocycles. The van der Waals surface area contributed by atoms with Gasteiger partial charge in [-0.25, -0.2) is 0 Å². The SMILES string of the molecule is O=S(=O)(F)/C=C/c1c(Cl)cccc1Cl. The van der Waals surface area contributed by atoms with Crippen LogP contribution in [0.3, 0.4) is 0 Å². The third-order valence-electron chi connectivity index (χ3n) is 1.40. The molecular formula is C8H5Cl2FO2S. The Hall–Kier alpha value is -0.580. The lowest BCUT2D eigenvalue weighted by molar-refractivity contribution is 0.563. The summed E-state index contributed by atoms with van der Waals surface area (Å²) >= 11 is 11.4. The predicted octanol–water partition coefficient (Wildman–Crippen LogP) is 3.26. The molecule has 2 nitrogen and oxygen atoms in total. The molecule has 0 saturated heterocycles. The Labute approximate surface area is 91.2 Å². The zero-order valence-corrected chi connectivity index (χ0v) is 9.07. The minimum Gasteiger partial charge on any atom is -0.190 e. The van der Waals surface area contributed by atoms with Crippen molar-refractivity contribution in [1.29, 1.82) is 0 Å². The van der Waals surface area contributed by atoms with Gasteiger partial charge in [0, 0.05) is 15.6 Å². The van der Waals surface area contributed by atoms with E-state index >= 15 is 0 Å². The van der Waals surface area contributed by atoms with Gasteiger partial charge in [-0.05, 0) is 18.2 Å². The molecule has 1 aromatic rings. The van der Waals surface area contributed by atoms with Gasteiger partial charge in [0.05, 0.1) is 5.41 Å². The molecule has 0 aromatic heterocycles. The molecule has 0 bridgehead atoms. The van der Waals surface area contributed by atoms with Crippen molar-refractivity contribution in [1.82, 2.24) is 0 Å². The predicted molar refractivity (Wildman–Crippen MR) is 55.5 cm³/mol. The number of rotatable bonds is 2. The first kappa shape index (κ1) is 11.5. The standard InChI is InChI=1S/C8H5Cl2FO2S/c9-7-2-1-3-8(10)6(7)4-5-14(11,12)13/h1-5H/b5-4+. The lowest BCUT2D eigenvalue weighted by Gasteiger charge is -1.99. The van der Waals surface area contributed by atoms with E-state index in [1.807, 2.05) is 0 Å². The van der Waals surface area contributed by atoms with Crippen LogP contribution >= 0.6 is 23.2 Å². The van der Waals surface area contributed by atoms with Crippen molar-refractivity contribution in [3.8, 4) is 0 Å². The molecule has 0 atom stereocenters. The van der Waals surface area contributed by atoms with Crippen LogP contribution in [0.2, 0.25) is 10.0 Å². The van der Waals surface area contributed by atoms with Crippen molar-refractivity contribution in [3.63, 3.8) is 0 Å². The Kier molecular flexibility index (Phi) is 3.53. The van der Waals surface area contributed by atoms with Crippen LogP contribution in [0.5, 0.6) is 0 Å². The summed E-state index contributed by atoms with van der Waals surface area (Å²) in [5, 5.41) is 0.926. The Morgan fingerprint density at radius 2 is 1.71 bits per heavy atom. The second-order valence-electron chi connectivity index (χ2n) is 2.41. The molecule has 0 saturated carbocycles. The van der Waals surface area contributed by atoms with E-state index in [4.69, 9.17) is 23.2 Å². The summed E-state index contributed by atoms with van der Waals surface area (Å²) in [7, 11) is -4.65. The van der Waals surface area contributed by atoms with E-state index in [1.54, 1.807) is 6.07 Å². The maximum absolute atomic E-state index is 12.1. The minimum atomic E-state index is -4.65. The molecule has 0 fully saturated rings. The van der Waals surface area contributed by atoms with Crippen LogP contribution < -0.4 is 0 Å². The fourth-order valence-corrected chi connectivity index (χ4v) is 1.64. The van der Waals surface area contributed by atoms with Crippen LogP contribution in [0, 0.1) is 0 Å². The summed E-state index contributed by atoms with van der Waals surface area (Å²) in [6.45, 7) is 0. The van der Waals surface area contributed by atoms with Gasteiger partial charge in [-0.1, -0.05) is 29.3 Å². The van der Waals surface area contributed by atoms with Crippen molar-refractivity contribution in [2.75, 3.05) is 0 Å². The minimum absolute atomic E-state index is 0.261. The maximum atomic E-state index is 12.1. The fourth-order valence-electron chi connectivity index (χ4n) is 0.819. The van der Waals surface area contributed by atoms with Crippen molar-refractivity contribution in [2.24, 2.45) is 0 Å². The van der Waals surface area contributed by atoms with E-state index in [1.165, 1.54) is 12.1 Å². The largest absolute Gasteiger partial charge is 0.325 e. The van der Waals surface area contributed by atoms with Gasteiger partial charge in [-0.2, -0.15) is 8.42 Å². The molecule has 1 aromatic carbocycles. The Balaban J connectivity index is 3.15. The highest BCUT2D eigenvalue weighted by Crippen LogP contribution is 2.25. The van der Waals surface area contributed by atoms with Crippen LogP contribution in [0.25, 0.3) is 6.08 Å². The highest BCUT2D eigenvalue weighted by molar-refractivity contribution is 7.89. The van der Waals surface area contributed by atoms with E-state index in [-0.39, 0.29) is 15.6 Å². The topological polar surface area (TPSA) is 34.1 Å². The normalized spacial score (nSPS) is 12.2. The molecule has 1 rings (SSSR count). The van der Waals surface area contributed by atoms with Crippen LogP contribution in [0.1, 0.15) is 5.56 Å². The summed E-state index contributed by atoms with van der Waals surface area (Å²) in [5.74, 6) is 0. The molecule has 0 aliphatic rings. The smallest absolute Gasteiger partial charge is 0.190 e. The molecule has 6 heteroatoms. The molecule has 0 N–H and O–H groups in total. The molecular weight excluding hydrogens is 250 g/mol. The molecule has 0 spiro atoms. The first-order valence-electron chi connectivity index (χ1n) is 3.47. The molecule has 0 amide bonds. The van der Waals surface area contributed by atoms with Gasteiger partial charge in [0.15, 0.2) is 0 Å². The average molecular weight is 255 g/mol. The van der Waals surface area contributed by atoms with Gasteiger partial charge >= 0.3 is 10.2 Å². The summed E-state index contributed by atoms with van der Waals surface area (Å²) in [5.41, 5.74) is 0.275. The third-order valence-corrected chi connectivity index (χ3v) is 2.52. The quantitative estimate of drug-likeness (QED) is 0.760. The molecule has 14 heavy (non-hydrogen) atoms. The Bertz CT molecular complexity index is 448. The summed E-state index contributed by atoms with van der Waals surface area (Å²) in [6, 6.07) is 4.65. The van der Waals surface area contributed by atoms with E-state index in [0.717, 1.165) is 6.08 Å². The number of halogens is 3. The molecule has 0 unspecified atom stereocenters. The molecule has 0 aliphatic heterocycles. The van der Waals surface area contributed by atoms with E-state index in [9.17, 15) is 12.3 Å². The van der Waals surface area contributed by atoms with Gasteiger partial charge in [-0.3, -0.25) is 0 Å². The van der Waals surface area contributed by atoms with Crippen molar-refractivity contribution >= 4 is 39.5 Å². The number of hydrogen-bond acceptors (Lipinski definition) is 2. The first-order chi connectivity index (χ1) is 6.40. The Morgan fingerprint density at radius 3 is 2.14 bits per heavy atom. The van der Waals surface area contributed by atoms with E-state index < -0.39 is 10.2 Å². The van der Waals surface area contributed by atoms with Gasteiger partial charge in [0.2, 0.25) is 0 Å². The highest BCUT2D eigenvalue weighted by atomic mass is 35.5. The average Bonchev–Trinajstić information content (AvgIpc) is 2.01. The van der Waals surface area contributed by atoms with Crippen LogP contribution in [-0.2, 0) is 10.2 Å². The van der Waals surface area contributed by atoms with Crippen molar-refractivity contribution < 1.29 is 12.3 Å². The van der Waals surface area contributed by atoms with Crippen molar-refractivity contribution in [3.05, 3.63) is 39.2 Å². The van der Waals surface area contributed by atoms with Gasteiger partial charge in [0.1, 0.15) is 0 Å². The summed E-state index contributed by atoms with van der Waals surface area (Å²) < 4.78 is 32.5. The van der Waals surface area contributed by atoms with E-state index in [0.29, 0.717) is 5.41 Å². The molecule has 0 radical (unpaired) electrons. The first-order valence-corrected chi connectivity index (χ1v) is 5.67. The highest BCUT2D eigenvalue weighted by Gasteiger charge is 2.04. The van der Waals surface area contributed by atoms with E-state index in [2.05, 4.69) is 0 Å². The summed E-state index contributed by atoms with van der Waals surface area (Å²) in [4.78, 5) is 0. The van der Waals surface area contributed by atoms with Crippen LogP contribution in [-0.4, -0.2) is 8.42 Å². The molecule has 76 valence electrons. The number of benzene rings is 1. The van der Waals surface area contributed by atoms with Crippen LogP contribution in [0.4, 0.5) is 3.89 Å².